The van der Waals surface area contributed by atoms with Crippen LogP contribution in [0.3, 0.4) is 0 Å². The zero-order valence-electron chi connectivity index (χ0n) is 9.80. The molecule has 4 nitrogen and oxygen atoms in total. The molecule has 0 aliphatic heterocycles. The normalized spacial score (nSPS) is 14.8. The van der Waals surface area contributed by atoms with E-state index in [-0.39, 0.29) is 0 Å². The Bertz CT molecular complexity index is 586. The minimum absolute atomic E-state index is 0.487. The van der Waals surface area contributed by atoms with E-state index >= 15 is 0 Å². The van der Waals surface area contributed by atoms with E-state index in [4.69, 9.17) is 11.6 Å². The van der Waals surface area contributed by atoms with Crippen LogP contribution in [0.5, 0.6) is 0 Å². The monoisotopic (exact) mass is 278 g/mol. The molecule has 0 bridgehead atoms. The third-order valence-electron chi connectivity index (χ3n) is 2.60. The van der Waals surface area contributed by atoms with Gasteiger partial charge in [0.25, 0.3) is 0 Å². The van der Waals surface area contributed by atoms with Crippen molar-refractivity contribution < 1.29 is 0 Å². The Labute approximate surface area is 114 Å². The molecular formula is C12H11ClN4S. The van der Waals surface area contributed by atoms with E-state index in [0.29, 0.717) is 16.2 Å². The fraction of sp³-hybridized carbons (Fsp3) is 0.333. The highest BCUT2D eigenvalue weighted by Gasteiger charge is 2.27. The summed E-state index contributed by atoms with van der Waals surface area (Å²) in [6, 6.07) is 3.62. The Hall–Kier alpha value is -1.20. The van der Waals surface area contributed by atoms with Crippen LogP contribution in [0.15, 0.2) is 28.5 Å². The molecule has 18 heavy (non-hydrogen) atoms. The lowest BCUT2D eigenvalue weighted by molar-refractivity contribution is 0.870. The van der Waals surface area contributed by atoms with Gasteiger partial charge in [-0.3, -0.25) is 0 Å². The van der Waals surface area contributed by atoms with Gasteiger partial charge in [0, 0.05) is 23.9 Å². The maximum atomic E-state index is 6.01. The summed E-state index contributed by atoms with van der Waals surface area (Å²) in [5.74, 6) is 1.33. The Morgan fingerprint density at radius 1 is 1.28 bits per heavy atom. The van der Waals surface area contributed by atoms with Gasteiger partial charge in [-0.25, -0.2) is 19.9 Å². The molecule has 0 aromatic carbocycles. The topological polar surface area (TPSA) is 51.6 Å². The molecule has 1 aliphatic carbocycles. The van der Waals surface area contributed by atoms with Crippen LogP contribution in [0.2, 0.25) is 5.15 Å². The smallest absolute Gasteiger partial charge is 0.194 e. The molecule has 0 amide bonds. The van der Waals surface area contributed by atoms with Crippen molar-refractivity contribution in [2.24, 2.45) is 0 Å². The summed E-state index contributed by atoms with van der Waals surface area (Å²) in [7, 11) is 0. The molecule has 1 aliphatic rings. The highest BCUT2D eigenvalue weighted by Crippen LogP contribution is 2.39. The maximum absolute atomic E-state index is 6.01. The summed E-state index contributed by atoms with van der Waals surface area (Å²) in [6.45, 7) is 1.94. The van der Waals surface area contributed by atoms with Crippen molar-refractivity contribution in [2.45, 2.75) is 35.9 Å². The molecule has 1 fully saturated rings. The Balaban J connectivity index is 1.87. The lowest BCUT2D eigenvalue weighted by Gasteiger charge is -2.03. The SMILES string of the molecule is Cc1ccnc(Sc2cc(Cl)nc(C3CC3)n2)n1. The molecule has 2 aromatic rings. The highest BCUT2D eigenvalue weighted by molar-refractivity contribution is 7.99. The Morgan fingerprint density at radius 3 is 2.83 bits per heavy atom. The molecule has 2 aromatic heterocycles. The van der Waals surface area contributed by atoms with E-state index in [1.54, 1.807) is 12.3 Å². The summed E-state index contributed by atoms with van der Waals surface area (Å²) >= 11 is 7.43. The van der Waals surface area contributed by atoms with Gasteiger partial charge in [0.2, 0.25) is 0 Å². The van der Waals surface area contributed by atoms with Gasteiger partial charge in [-0.2, -0.15) is 0 Å². The van der Waals surface area contributed by atoms with Gasteiger partial charge in [0.15, 0.2) is 5.16 Å². The Morgan fingerprint density at radius 2 is 2.11 bits per heavy atom. The number of hydrogen-bond acceptors (Lipinski definition) is 5. The third kappa shape index (κ3) is 2.79. The lowest BCUT2D eigenvalue weighted by Crippen LogP contribution is -1.95. The first kappa shape index (κ1) is 11.9. The van der Waals surface area contributed by atoms with Gasteiger partial charge in [0.05, 0.1) is 0 Å². The molecule has 0 saturated heterocycles. The summed E-state index contributed by atoms with van der Waals surface area (Å²) in [6.07, 6.45) is 4.06. The van der Waals surface area contributed by atoms with Crippen molar-refractivity contribution in [1.82, 2.24) is 19.9 Å². The first-order valence-electron chi connectivity index (χ1n) is 5.73. The van der Waals surface area contributed by atoms with Gasteiger partial charge in [0.1, 0.15) is 16.0 Å². The summed E-state index contributed by atoms with van der Waals surface area (Å²) in [5.41, 5.74) is 0.940. The third-order valence-corrected chi connectivity index (χ3v) is 3.59. The molecule has 0 N–H and O–H groups in total. The van der Waals surface area contributed by atoms with Crippen LogP contribution in [0.25, 0.3) is 0 Å². The van der Waals surface area contributed by atoms with E-state index in [9.17, 15) is 0 Å². The van der Waals surface area contributed by atoms with Crippen molar-refractivity contribution >= 4 is 23.4 Å². The van der Waals surface area contributed by atoms with E-state index < -0.39 is 0 Å². The van der Waals surface area contributed by atoms with E-state index in [2.05, 4.69) is 19.9 Å². The van der Waals surface area contributed by atoms with Crippen LogP contribution in [-0.4, -0.2) is 19.9 Å². The highest BCUT2D eigenvalue weighted by atomic mass is 35.5. The summed E-state index contributed by atoms with van der Waals surface area (Å²) < 4.78 is 0. The molecule has 1 saturated carbocycles. The number of aromatic nitrogens is 4. The molecule has 0 unspecified atom stereocenters. The minimum Gasteiger partial charge on any atom is -0.231 e. The second-order valence-corrected chi connectivity index (χ2v) is 5.62. The van der Waals surface area contributed by atoms with Gasteiger partial charge in [-0.1, -0.05) is 11.6 Å². The molecule has 6 heteroatoms. The standard InChI is InChI=1S/C12H11ClN4S/c1-7-4-5-14-12(15-7)18-10-6-9(13)16-11(17-10)8-2-3-8/h4-6,8H,2-3H2,1H3. The van der Waals surface area contributed by atoms with Crippen molar-refractivity contribution in [3.63, 3.8) is 0 Å². The van der Waals surface area contributed by atoms with Crippen LogP contribution in [-0.2, 0) is 0 Å². The molecule has 0 spiro atoms. The summed E-state index contributed by atoms with van der Waals surface area (Å²) in [4.78, 5) is 17.3. The van der Waals surface area contributed by atoms with Gasteiger partial charge in [-0.05, 0) is 37.6 Å². The summed E-state index contributed by atoms with van der Waals surface area (Å²) in [5, 5.41) is 1.98. The number of aryl methyl sites for hydroxylation is 1. The molecular weight excluding hydrogens is 268 g/mol. The zero-order chi connectivity index (χ0) is 12.5. The first-order valence-corrected chi connectivity index (χ1v) is 6.92. The fourth-order valence-corrected chi connectivity index (χ4v) is 2.61. The number of nitrogens with zero attached hydrogens (tertiary/aromatic N) is 4. The number of halogens is 1. The second kappa shape index (κ2) is 4.82. The molecule has 92 valence electrons. The minimum atomic E-state index is 0.487. The largest absolute Gasteiger partial charge is 0.231 e. The lowest BCUT2D eigenvalue weighted by atomic mass is 10.4. The number of rotatable bonds is 3. The predicted molar refractivity (Wildman–Crippen MR) is 69.9 cm³/mol. The average molecular weight is 279 g/mol. The number of hydrogen-bond donors (Lipinski definition) is 0. The van der Waals surface area contributed by atoms with Crippen molar-refractivity contribution in [3.05, 3.63) is 35.0 Å². The van der Waals surface area contributed by atoms with Crippen LogP contribution in [0.4, 0.5) is 0 Å². The maximum Gasteiger partial charge on any atom is 0.194 e. The molecule has 2 heterocycles. The van der Waals surface area contributed by atoms with Gasteiger partial charge in [-0.15, -0.1) is 0 Å². The predicted octanol–water partition coefficient (Wildman–Crippen LogP) is 3.26. The van der Waals surface area contributed by atoms with Crippen LogP contribution in [0, 0.1) is 6.92 Å². The van der Waals surface area contributed by atoms with Crippen molar-refractivity contribution in [3.8, 4) is 0 Å². The first-order chi connectivity index (χ1) is 8.70. The quantitative estimate of drug-likeness (QED) is 0.637. The average Bonchev–Trinajstić information content (AvgIpc) is 3.11. The van der Waals surface area contributed by atoms with Crippen molar-refractivity contribution in [2.75, 3.05) is 0 Å². The fourth-order valence-electron chi connectivity index (χ4n) is 1.56. The van der Waals surface area contributed by atoms with Gasteiger partial charge >= 0.3 is 0 Å². The zero-order valence-corrected chi connectivity index (χ0v) is 11.4. The molecule has 0 radical (unpaired) electrons. The van der Waals surface area contributed by atoms with E-state index in [1.807, 2.05) is 13.0 Å². The van der Waals surface area contributed by atoms with Crippen molar-refractivity contribution in [1.29, 1.82) is 0 Å². The van der Waals surface area contributed by atoms with Crippen LogP contribution in [0.1, 0.15) is 30.3 Å². The molecule has 3 rings (SSSR count). The van der Waals surface area contributed by atoms with E-state index in [1.165, 1.54) is 11.8 Å². The second-order valence-electron chi connectivity index (χ2n) is 4.24. The van der Waals surface area contributed by atoms with E-state index in [0.717, 1.165) is 29.4 Å². The van der Waals surface area contributed by atoms with Crippen LogP contribution >= 0.6 is 23.4 Å². The van der Waals surface area contributed by atoms with Crippen LogP contribution < -0.4 is 0 Å². The van der Waals surface area contributed by atoms with Gasteiger partial charge < -0.3 is 0 Å². The molecule has 0 atom stereocenters. The Kier molecular flexibility index (Phi) is 3.18.